The van der Waals surface area contributed by atoms with E-state index in [2.05, 4.69) is 5.32 Å². The number of nitrogens with zero attached hydrogens (tertiary/aromatic N) is 1. The lowest BCUT2D eigenvalue weighted by Crippen LogP contribution is -2.27. The highest BCUT2D eigenvalue weighted by Gasteiger charge is 2.25. The van der Waals surface area contributed by atoms with Crippen molar-refractivity contribution in [2.45, 2.75) is 32.8 Å². The number of anilines is 1. The maximum absolute atomic E-state index is 14.4. The Hall–Kier alpha value is -3.28. The fraction of sp³-hybridized carbons (Fsp3) is 0.208. The number of nitrogens with one attached hydrogen (secondary N) is 1. The van der Waals surface area contributed by atoms with Crippen LogP contribution in [0.4, 0.5) is 25.0 Å². The molecule has 0 radical (unpaired) electrons. The van der Waals surface area contributed by atoms with Crippen LogP contribution in [0.15, 0.2) is 54.6 Å². The highest BCUT2D eigenvalue weighted by atomic mass is 127. The number of carbonyl (C=O) groups is 1. The lowest BCUT2D eigenvalue weighted by Gasteiger charge is -2.19. The summed E-state index contributed by atoms with van der Waals surface area (Å²) in [5.74, 6) is -1.55. The molecule has 7 nitrogen and oxygen atoms in total. The van der Waals surface area contributed by atoms with Crippen molar-refractivity contribution in [3.8, 4) is 11.5 Å². The minimum Gasteiger partial charge on any atom is -0.450 e. The maximum atomic E-state index is 14.4. The smallest absolute Gasteiger partial charge is 0.412 e. The summed E-state index contributed by atoms with van der Waals surface area (Å²) in [4.78, 5) is 23.2. The van der Waals surface area contributed by atoms with Gasteiger partial charge in [-0.15, -0.1) is 0 Å². The van der Waals surface area contributed by atoms with Crippen LogP contribution in [0.3, 0.4) is 0 Å². The zero-order valence-corrected chi connectivity index (χ0v) is 20.7. The van der Waals surface area contributed by atoms with Crippen LogP contribution in [0, 0.1) is 25.3 Å². The van der Waals surface area contributed by atoms with Crippen molar-refractivity contribution < 1.29 is 28.0 Å². The summed E-state index contributed by atoms with van der Waals surface area (Å²) in [5, 5.41) is 14.4. The van der Waals surface area contributed by atoms with Crippen LogP contribution in [0.2, 0.25) is 0 Å². The van der Waals surface area contributed by atoms with Crippen molar-refractivity contribution in [2.24, 2.45) is 0 Å². The molecule has 0 unspecified atom stereocenters. The summed E-state index contributed by atoms with van der Waals surface area (Å²) >= 11 is 1.95. The van der Waals surface area contributed by atoms with Crippen LogP contribution < -0.4 is 10.1 Å². The topological polar surface area (TPSA) is 90.7 Å². The molecule has 0 atom stereocenters. The molecule has 0 bridgehead atoms. The molecule has 3 aromatic rings. The van der Waals surface area contributed by atoms with Crippen molar-refractivity contribution in [1.29, 1.82) is 0 Å². The predicted octanol–water partition coefficient (Wildman–Crippen LogP) is 7.21. The Kier molecular flexibility index (Phi) is 7.70. The van der Waals surface area contributed by atoms with Crippen LogP contribution in [0.5, 0.6) is 11.5 Å². The highest BCUT2D eigenvalue weighted by Crippen LogP contribution is 2.37. The number of halogens is 3. The van der Waals surface area contributed by atoms with E-state index in [1.165, 1.54) is 24.3 Å². The molecule has 0 aliphatic carbocycles. The second-order valence-corrected chi connectivity index (χ2v) is 9.58. The second-order valence-electron chi connectivity index (χ2n) is 8.34. The Morgan fingerprint density at radius 1 is 1.09 bits per heavy atom. The molecule has 34 heavy (non-hydrogen) atoms. The molecule has 0 heterocycles. The van der Waals surface area contributed by atoms with Gasteiger partial charge in [0.05, 0.1) is 4.92 Å². The minimum absolute atomic E-state index is 0.0388. The summed E-state index contributed by atoms with van der Waals surface area (Å²) in [6.07, 6.45) is -0.892. The molecular formula is C24H21F2IN2O5. The molecule has 0 aromatic heterocycles. The summed E-state index contributed by atoms with van der Waals surface area (Å²) in [6.45, 7) is 5.15. The number of amides is 1. The predicted molar refractivity (Wildman–Crippen MR) is 131 cm³/mol. The van der Waals surface area contributed by atoms with Crippen molar-refractivity contribution >= 4 is 40.1 Å². The van der Waals surface area contributed by atoms with Gasteiger partial charge in [0, 0.05) is 33.4 Å². The van der Waals surface area contributed by atoms with Gasteiger partial charge in [0.1, 0.15) is 23.0 Å². The number of rotatable bonds is 6. The molecule has 0 spiro atoms. The molecule has 3 rings (SSSR count). The molecule has 0 aliphatic heterocycles. The number of hydrogen-bond acceptors (Lipinski definition) is 5. The fourth-order valence-electron chi connectivity index (χ4n) is 3.10. The third kappa shape index (κ3) is 6.86. The number of hydrogen-bond donors (Lipinski definition) is 1. The van der Waals surface area contributed by atoms with Crippen LogP contribution in [-0.2, 0) is 11.2 Å². The quantitative estimate of drug-likeness (QED) is 0.189. The Morgan fingerprint density at radius 3 is 2.47 bits per heavy atom. The highest BCUT2D eigenvalue weighted by molar-refractivity contribution is 14.1. The number of nitro groups is 1. The first-order valence-corrected chi connectivity index (χ1v) is 11.2. The van der Waals surface area contributed by atoms with Gasteiger partial charge in [-0.3, -0.25) is 15.4 Å². The lowest BCUT2D eigenvalue weighted by molar-refractivity contribution is -0.386. The Labute approximate surface area is 208 Å². The van der Waals surface area contributed by atoms with Crippen molar-refractivity contribution in [3.63, 3.8) is 0 Å². The Bertz CT molecular complexity index is 1240. The van der Waals surface area contributed by atoms with E-state index < -0.39 is 33.9 Å². The number of nitro benzene ring substituents is 1. The van der Waals surface area contributed by atoms with E-state index in [-0.39, 0.29) is 29.0 Å². The molecule has 1 amide bonds. The van der Waals surface area contributed by atoms with Crippen LogP contribution in [-0.4, -0.2) is 16.6 Å². The number of carbonyl (C=O) groups excluding carboxylic acids is 1. The third-order valence-corrected chi connectivity index (χ3v) is 5.08. The van der Waals surface area contributed by atoms with Gasteiger partial charge in [-0.2, -0.15) is 0 Å². The standard InChI is InChI=1S/C24H21F2IN2O5/c1-24(2,3)34-23(30)28-18-5-4-6-19(13-18)33-21-11-16(25)10-15(22(21)29(31)32)9-14-7-8-17(27)12-20(14)26/h4-8,10-13H,9H2,1-3H3,(H,28,30). The first kappa shape index (κ1) is 25.3. The van der Waals surface area contributed by atoms with Gasteiger partial charge in [-0.1, -0.05) is 12.1 Å². The van der Waals surface area contributed by atoms with Gasteiger partial charge in [0.25, 0.3) is 0 Å². The van der Waals surface area contributed by atoms with E-state index in [1.807, 2.05) is 22.6 Å². The minimum atomic E-state index is -0.774. The molecular weight excluding hydrogens is 561 g/mol. The van der Waals surface area contributed by atoms with E-state index in [1.54, 1.807) is 39.0 Å². The van der Waals surface area contributed by atoms with Crippen molar-refractivity contribution in [3.05, 3.63) is 91.0 Å². The molecule has 3 aromatic carbocycles. The van der Waals surface area contributed by atoms with Crippen molar-refractivity contribution in [1.82, 2.24) is 0 Å². The molecule has 0 fully saturated rings. The van der Waals surface area contributed by atoms with E-state index in [9.17, 15) is 23.7 Å². The van der Waals surface area contributed by atoms with Gasteiger partial charge >= 0.3 is 11.8 Å². The lowest BCUT2D eigenvalue weighted by atomic mass is 10.0. The molecule has 0 saturated heterocycles. The van der Waals surface area contributed by atoms with Crippen LogP contribution >= 0.6 is 22.6 Å². The largest absolute Gasteiger partial charge is 0.450 e. The first-order valence-electron chi connectivity index (χ1n) is 10.1. The monoisotopic (exact) mass is 582 g/mol. The van der Waals surface area contributed by atoms with E-state index in [0.29, 0.717) is 9.26 Å². The molecule has 0 saturated carbocycles. The molecule has 0 aliphatic rings. The van der Waals surface area contributed by atoms with Gasteiger partial charge in [0.15, 0.2) is 0 Å². The number of ether oxygens (including phenoxy) is 2. The molecule has 10 heteroatoms. The van der Waals surface area contributed by atoms with Gasteiger partial charge in [0.2, 0.25) is 5.75 Å². The summed E-state index contributed by atoms with van der Waals surface area (Å²) in [7, 11) is 0. The molecule has 178 valence electrons. The average molecular weight is 582 g/mol. The SMILES string of the molecule is CC(C)(C)OC(=O)Nc1cccc(Oc2cc(F)cc(Cc3ccc(I)cc3F)c2[N+](=O)[O-])c1. The maximum Gasteiger partial charge on any atom is 0.412 e. The Morgan fingerprint density at radius 2 is 1.82 bits per heavy atom. The summed E-state index contributed by atoms with van der Waals surface area (Å²) in [5.41, 5.74) is -0.726. The van der Waals surface area contributed by atoms with E-state index in [0.717, 1.165) is 12.1 Å². The first-order chi connectivity index (χ1) is 15.9. The van der Waals surface area contributed by atoms with Crippen LogP contribution in [0.25, 0.3) is 0 Å². The second kappa shape index (κ2) is 10.3. The zero-order chi connectivity index (χ0) is 25.0. The summed E-state index contributed by atoms with van der Waals surface area (Å²) in [6, 6.07) is 12.4. The normalized spacial score (nSPS) is 11.1. The van der Waals surface area contributed by atoms with Crippen molar-refractivity contribution in [2.75, 3.05) is 5.32 Å². The fourth-order valence-corrected chi connectivity index (χ4v) is 3.56. The summed E-state index contributed by atoms with van der Waals surface area (Å²) < 4.78 is 40.2. The number of benzene rings is 3. The van der Waals surface area contributed by atoms with Gasteiger partial charge in [-0.25, -0.2) is 13.6 Å². The zero-order valence-electron chi connectivity index (χ0n) is 18.5. The van der Waals surface area contributed by atoms with Gasteiger partial charge in [-0.05, 0) is 79.3 Å². The van der Waals surface area contributed by atoms with E-state index in [4.69, 9.17) is 9.47 Å². The van der Waals surface area contributed by atoms with E-state index >= 15 is 0 Å². The third-order valence-electron chi connectivity index (χ3n) is 4.40. The van der Waals surface area contributed by atoms with Gasteiger partial charge < -0.3 is 9.47 Å². The van der Waals surface area contributed by atoms with Crippen LogP contribution in [0.1, 0.15) is 31.9 Å². The Balaban J connectivity index is 1.91. The molecule has 1 N–H and O–H groups in total. The average Bonchev–Trinajstić information content (AvgIpc) is 2.68.